The summed E-state index contributed by atoms with van der Waals surface area (Å²) in [5.74, 6) is 2.27. The van der Waals surface area contributed by atoms with Crippen LogP contribution in [0.2, 0.25) is 0 Å². The van der Waals surface area contributed by atoms with Crippen molar-refractivity contribution in [3.8, 4) is 5.75 Å². The Morgan fingerprint density at radius 2 is 2.21 bits per heavy atom. The molecular formula is C11H13OSY-. The summed E-state index contributed by atoms with van der Waals surface area (Å²) in [5, 5.41) is 0. The Labute approximate surface area is 115 Å². The first-order chi connectivity index (χ1) is 6.42. The van der Waals surface area contributed by atoms with Crippen molar-refractivity contribution in [2.24, 2.45) is 0 Å². The van der Waals surface area contributed by atoms with E-state index in [0.717, 1.165) is 12.2 Å². The van der Waals surface area contributed by atoms with Gasteiger partial charge in [-0.1, -0.05) is 17.7 Å². The molecule has 1 radical (unpaired) electrons. The number of thioether (sulfide) groups is 1. The second kappa shape index (κ2) is 6.14. The van der Waals surface area contributed by atoms with Crippen LogP contribution in [-0.2, 0) is 39.1 Å². The molecule has 3 heteroatoms. The van der Waals surface area contributed by atoms with Gasteiger partial charge in [0, 0.05) is 38.5 Å². The van der Waals surface area contributed by atoms with Gasteiger partial charge in [0.05, 0.1) is 7.11 Å². The van der Waals surface area contributed by atoms with E-state index in [1.807, 2.05) is 23.9 Å². The minimum Gasteiger partial charge on any atom is -0.521 e. The fourth-order valence-electron chi connectivity index (χ4n) is 1.63. The third-order valence-corrected chi connectivity index (χ3v) is 3.40. The molecule has 0 aliphatic carbocycles. The maximum Gasteiger partial charge on any atom is 0.0744 e. The summed E-state index contributed by atoms with van der Waals surface area (Å²) in [6.07, 6.45) is 3.70. The molecular weight excluding hydrogens is 269 g/mol. The maximum atomic E-state index is 5.41. The summed E-state index contributed by atoms with van der Waals surface area (Å²) in [7, 11) is 1.75. The van der Waals surface area contributed by atoms with E-state index in [4.69, 9.17) is 4.74 Å². The topological polar surface area (TPSA) is 9.23 Å². The van der Waals surface area contributed by atoms with Gasteiger partial charge < -0.3 is 4.74 Å². The number of hydrogen-bond donors (Lipinski definition) is 0. The Bertz CT molecular complexity index is 277. The molecule has 0 aromatic heterocycles. The summed E-state index contributed by atoms with van der Waals surface area (Å²) in [4.78, 5) is 1.25. The number of fused-ring (bicyclic) bond motifs is 2. The zero-order valence-electron chi connectivity index (χ0n) is 8.38. The Morgan fingerprint density at radius 3 is 3.00 bits per heavy atom. The van der Waals surface area contributed by atoms with E-state index in [9.17, 15) is 0 Å². The van der Waals surface area contributed by atoms with Crippen LogP contribution in [0.3, 0.4) is 0 Å². The normalized spacial score (nSPS) is 14.9. The predicted molar refractivity (Wildman–Crippen MR) is 55.5 cm³/mol. The summed E-state index contributed by atoms with van der Waals surface area (Å²) in [6.45, 7) is 0. The molecule has 0 atom stereocenters. The number of methoxy groups -OCH3 is 1. The van der Waals surface area contributed by atoms with Crippen molar-refractivity contribution in [3.05, 3.63) is 23.8 Å². The standard InChI is InChI=1S/C11H13OS.Y/c1-12-11-9-5-2-3-8-13-10(11)7-4-6-9;/h6-7H,2-3,5,8H2,1H3;/q-1;. The molecule has 1 aliphatic heterocycles. The molecule has 0 amide bonds. The smallest absolute Gasteiger partial charge is 0.0744 e. The summed E-state index contributed by atoms with van der Waals surface area (Å²) < 4.78 is 5.41. The Hall–Kier alpha value is 0.474. The maximum absolute atomic E-state index is 5.41. The van der Waals surface area contributed by atoms with Crippen LogP contribution in [0.15, 0.2) is 17.0 Å². The van der Waals surface area contributed by atoms with Gasteiger partial charge in [-0.05, 0) is 12.2 Å². The molecule has 2 rings (SSSR count). The van der Waals surface area contributed by atoms with E-state index in [2.05, 4.69) is 6.07 Å². The average molecular weight is 282 g/mol. The van der Waals surface area contributed by atoms with Gasteiger partial charge in [0.1, 0.15) is 0 Å². The average Bonchev–Trinajstić information content (AvgIpc) is 2.16. The van der Waals surface area contributed by atoms with E-state index < -0.39 is 0 Å². The van der Waals surface area contributed by atoms with Crippen LogP contribution in [0.1, 0.15) is 18.4 Å². The third kappa shape index (κ3) is 2.74. The van der Waals surface area contributed by atoms with Crippen molar-refractivity contribution in [1.82, 2.24) is 0 Å². The summed E-state index contributed by atoms with van der Waals surface area (Å²) in [5.41, 5.74) is 1.31. The van der Waals surface area contributed by atoms with Gasteiger partial charge in [-0.3, -0.25) is 0 Å². The van der Waals surface area contributed by atoms with Crippen molar-refractivity contribution in [2.75, 3.05) is 12.9 Å². The molecule has 14 heavy (non-hydrogen) atoms. The number of rotatable bonds is 1. The zero-order chi connectivity index (χ0) is 9.10. The molecule has 0 N–H and O–H groups in total. The van der Waals surface area contributed by atoms with Crippen LogP contribution in [0, 0.1) is 6.07 Å². The van der Waals surface area contributed by atoms with E-state index in [1.165, 1.54) is 29.1 Å². The van der Waals surface area contributed by atoms with Gasteiger partial charge in [0.25, 0.3) is 0 Å². The largest absolute Gasteiger partial charge is 0.521 e. The fourth-order valence-corrected chi connectivity index (χ4v) is 2.70. The van der Waals surface area contributed by atoms with Crippen molar-refractivity contribution < 1.29 is 37.4 Å². The van der Waals surface area contributed by atoms with Gasteiger partial charge >= 0.3 is 0 Å². The quantitative estimate of drug-likeness (QED) is 0.732. The SMILES string of the molecule is COc1c2c[c-]cc1SCCCC2.[Y]. The second-order valence-corrected chi connectivity index (χ2v) is 4.32. The van der Waals surface area contributed by atoms with Gasteiger partial charge in [0.2, 0.25) is 0 Å². The first-order valence-electron chi connectivity index (χ1n) is 4.61. The van der Waals surface area contributed by atoms with Gasteiger partial charge in [-0.2, -0.15) is 30.0 Å². The Kier molecular flexibility index (Phi) is 5.50. The summed E-state index contributed by atoms with van der Waals surface area (Å²) in [6, 6.07) is 7.25. The number of benzene rings is 1. The van der Waals surface area contributed by atoms with Crippen LogP contribution in [0.25, 0.3) is 0 Å². The molecule has 1 aliphatic rings. The number of hydrogen-bond acceptors (Lipinski definition) is 2. The van der Waals surface area contributed by atoms with Crippen LogP contribution in [0.5, 0.6) is 5.75 Å². The van der Waals surface area contributed by atoms with Crippen LogP contribution in [0.4, 0.5) is 0 Å². The molecule has 0 saturated carbocycles. The molecule has 0 spiro atoms. The molecule has 0 unspecified atom stereocenters. The second-order valence-electron chi connectivity index (χ2n) is 3.18. The minimum absolute atomic E-state index is 0. The number of ether oxygens (including phenoxy) is 1. The molecule has 73 valence electrons. The van der Waals surface area contributed by atoms with Gasteiger partial charge in [-0.15, -0.1) is 5.56 Å². The van der Waals surface area contributed by atoms with E-state index in [1.54, 1.807) is 7.11 Å². The van der Waals surface area contributed by atoms with Crippen LogP contribution < -0.4 is 4.74 Å². The monoisotopic (exact) mass is 282 g/mol. The van der Waals surface area contributed by atoms with E-state index >= 15 is 0 Å². The van der Waals surface area contributed by atoms with Crippen LogP contribution >= 0.6 is 11.8 Å². The van der Waals surface area contributed by atoms with Crippen molar-refractivity contribution in [3.63, 3.8) is 0 Å². The first kappa shape index (κ1) is 12.5. The van der Waals surface area contributed by atoms with E-state index in [0.29, 0.717) is 0 Å². The minimum atomic E-state index is 0. The number of aryl methyl sites for hydroxylation is 1. The molecule has 1 nitrogen and oxygen atoms in total. The third-order valence-electron chi connectivity index (χ3n) is 2.29. The van der Waals surface area contributed by atoms with Crippen molar-refractivity contribution in [2.45, 2.75) is 24.2 Å². The molecule has 2 bridgehead atoms. The van der Waals surface area contributed by atoms with E-state index in [-0.39, 0.29) is 32.7 Å². The Balaban J connectivity index is 0.000000980. The van der Waals surface area contributed by atoms with Crippen molar-refractivity contribution in [1.29, 1.82) is 0 Å². The zero-order valence-corrected chi connectivity index (χ0v) is 12.0. The molecule has 1 heterocycles. The first-order valence-corrected chi connectivity index (χ1v) is 5.60. The van der Waals surface area contributed by atoms with Gasteiger partial charge in [-0.25, -0.2) is 0 Å². The molecule has 0 fully saturated rings. The molecule has 1 aromatic rings. The molecule has 0 saturated heterocycles. The molecule has 1 aromatic carbocycles. The fraction of sp³-hybridized carbons (Fsp3) is 0.455. The summed E-state index contributed by atoms with van der Waals surface area (Å²) >= 11 is 1.88. The van der Waals surface area contributed by atoms with Crippen molar-refractivity contribution >= 4 is 11.8 Å². The van der Waals surface area contributed by atoms with Gasteiger partial charge in [0.15, 0.2) is 0 Å². The Morgan fingerprint density at radius 1 is 1.36 bits per heavy atom. The van der Waals surface area contributed by atoms with Crippen LogP contribution in [-0.4, -0.2) is 12.9 Å². The predicted octanol–water partition coefficient (Wildman–Crippen LogP) is 2.92.